The molecule has 38 nitrogen and oxygen atoms in total. The molecule has 1 amide bonds. The van der Waals surface area contributed by atoms with E-state index < -0.39 is 45.7 Å². The minimum atomic E-state index is -3.15. The number of carbonyl (C=O) groups excluding carboxylic acids is 1. The molecule has 8 aliphatic heterocycles. The van der Waals surface area contributed by atoms with Crippen LogP contribution < -0.4 is 34.7 Å². The number of amides is 1. The summed E-state index contributed by atoms with van der Waals surface area (Å²) in [6.45, 7) is 25.9. The average Bonchev–Trinajstić information content (AvgIpc) is 1.70. The van der Waals surface area contributed by atoms with Gasteiger partial charge in [0.05, 0.1) is 25.0 Å². The molecule has 1 N–H and O–H groups in total. The highest BCUT2D eigenvalue weighted by Crippen LogP contribution is 2.30. The number of anilines is 6. The third-order valence-electron chi connectivity index (χ3n) is 23.5. The molecule has 0 aliphatic carbocycles. The SMILES string of the molecule is C.C.CC(C)(C)OC(=O)N1CCC(CCCc2nc(N3CCN(S(C)(=O)=O)CC3)no2)CC1.CCc1cnc(N2CCC(CCCc3nc(N4CCN(S(C)(=O)=O)CC4)no3)CC2)nc1.CCc1cnc(N2CCC(CCCc3nc(N4CCN(S(C)(=O)=O)CC4)no3)CC2)nc1.CS(=O)(=O)N1CCN(c2noc(CCCC3CCNCC3)n2)CC1.[HH]. The summed E-state index contributed by atoms with van der Waals surface area (Å²) >= 11 is 0. The number of ether oxygens (including phenoxy) is 1. The number of hydrogen-bond acceptors (Lipinski definition) is 33. The van der Waals surface area contributed by atoms with Crippen LogP contribution in [0.25, 0.3) is 0 Å². The number of piperidine rings is 4. The number of rotatable bonds is 28. The highest BCUT2D eigenvalue weighted by Gasteiger charge is 2.33. The number of nitrogens with one attached hydrogen (secondary N) is 1. The Bertz CT molecular complexity index is 4360. The molecule has 0 radical (unpaired) electrons. The summed E-state index contributed by atoms with van der Waals surface area (Å²) in [4.78, 5) is 62.5. The van der Waals surface area contributed by atoms with Crippen molar-refractivity contribution in [2.24, 2.45) is 23.7 Å². The third-order valence-corrected chi connectivity index (χ3v) is 28.7. The maximum absolute atomic E-state index is 12.2. The van der Waals surface area contributed by atoms with Crippen LogP contribution in [0.4, 0.5) is 40.5 Å². The van der Waals surface area contributed by atoms with Crippen LogP contribution in [0, 0.1) is 23.7 Å². The Balaban J connectivity index is 0.000000201. The summed E-state index contributed by atoms with van der Waals surface area (Å²) in [5.74, 6) is 9.37. The highest BCUT2D eigenvalue weighted by molar-refractivity contribution is 7.89. The fraction of sp³-hybridized carbons (Fsp3) is 0.785. The van der Waals surface area contributed by atoms with E-state index in [1.807, 2.05) is 65.2 Å². The van der Waals surface area contributed by atoms with E-state index in [4.69, 9.17) is 22.8 Å². The largest absolute Gasteiger partial charge is 0.444 e. The summed E-state index contributed by atoms with van der Waals surface area (Å²) in [5.41, 5.74) is 1.88. The molecule has 0 unspecified atom stereocenters. The van der Waals surface area contributed by atoms with Gasteiger partial charge in [0.1, 0.15) is 5.60 Å². The maximum atomic E-state index is 12.2. The molecule has 0 saturated carbocycles. The average molecular weight is 1780 g/mol. The molecule has 42 heteroatoms. The zero-order chi connectivity index (χ0) is 84.7. The lowest BCUT2D eigenvalue weighted by molar-refractivity contribution is 0.0180. The molecule has 8 aliphatic rings. The van der Waals surface area contributed by atoms with Crippen molar-refractivity contribution in [3.8, 4) is 0 Å². The van der Waals surface area contributed by atoms with E-state index in [1.54, 1.807) is 4.90 Å². The number of sulfonamides is 4. The van der Waals surface area contributed by atoms with Crippen LogP contribution in [0.1, 0.15) is 188 Å². The second-order valence-corrected chi connectivity index (χ2v) is 41.5. The topological polar surface area (TPSA) is 418 Å². The zero-order valence-electron chi connectivity index (χ0n) is 71.3. The summed E-state index contributed by atoms with van der Waals surface area (Å²) in [5, 5.41) is 19.7. The van der Waals surface area contributed by atoms with Gasteiger partial charge in [-0.25, -0.2) is 58.4 Å². The summed E-state index contributed by atoms with van der Waals surface area (Å²) in [6, 6.07) is 0. The molecule has 14 heterocycles. The molecule has 121 heavy (non-hydrogen) atoms. The predicted molar refractivity (Wildman–Crippen MR) is 468 cm³/mol. The molecule has 6 aromatic heterocycles. The van der Waals surface area contributed by atoms with Gasteiger partial charge in [-0.2, -0.15) is 37.2 Å². The van der Waals surface area contributed by atoms with E-state index in [9.17, 15) is 38.5 Å². The van der Waals surface area contributed by atoms with Crippen molar-refractivity contribution in [1.29, 1.82) is 0 Å². The number of aromatic nitrogens is 12. The van der Waals surface area contributed by atoms with Gasteiger partial charge in [0, 0.05) is 196 Å². The fourth-order valence-corrected chi connectivity index (χ4v) is 19.4. The summed E-state index contributed by atoms with van der Waals surface area (Å²) in [6.07, 6.45) is 35.2. The lowest BCUT2D eigenvalue weighted by atomic mass is 9.92. The van der Waals surface area contributed by atoms with Gasteiger partial charge < -0.3 is 62.4 Å². The van der Waals surface area contributed by atoms with E-state index >= 15 is 0 Å². The van der Waals surface area contributed by atoms with E-state index in [0.29, 0.717) is 170 Å². The number of carbonyl (C=O) groups is 1. The van der Waals surface area contributed by atoms with Gasteiger partial charge >= 0.3 is 6.09 Å². The minimum absolute atomic E-state index is 0. The Morgan fingerprint density at radius 1 is 0.380 bits per heavy atom. The Kier molecular flexibility index (Phi) is 36.8. The second kappa shape index (κ2) is 45.9. The first-order valence-corrected chi connectivity index (χ1v) is 50.2. The van der Waals surface area contributed by atoms with Crippen LogP contribution in [0.2, 0.25) is 0 Å². The van der Waals surface area contributed by atoms with Crippen LogP contribution in [0.15, 0.2) is 42.9 Å². The van der Waals surface area contributed by atoms with E-state index in [0.717, 1.165) is 192 Å². The standard InChI is InChI=1S/2C21H33N7O3S.C20H35N5O5S.C15H27N5O3S.2CH4.H2/c2*1-3-17-15-22-20(23-16-17)26-9-7-18(8-10-26)5-4-6-19-24-21(25-31-19)27-11-13-28(14-12-27)32(2,29)30;1-20(2,3)29-19(26)24-10-8-16(9-11-24)6-5-7-17-21-18(22-30-17)23-12-14-25(15-13-23)31(4,27)28;1-24(21,22)20-11-9-19(10-12-20)15-17-14(23-18-15)4-2-3-13-5-7-16-8-6-13;;;/h2*15-16,18H,3-14H2,1-2H3;16H,5-15H2,1-4H3;13,16H,2-12H2,1H3;2*1H4;1H. The Morgan fingerprint density at radius 3 is 0.860 bits per heavy atom. The Labute approximate surface area is 719 Å². The first-order chi connectivity index (χ1) is 56.9. The summed E-state index contributed by atoms with van der Waals surface area (Å²) < 4.78 is 126. The number of piperazine rings is 4. The number of nitrogens with zero attached hydrogens (tertiary/aromatic N) is 23. The lowest BCUT2D eigenvalue weighted by Crippen LogP contribution is -2.48. The molecule has 682 valence electrons. The molecular formula is C79H138N24O14S4. The molecule has 14 rings (SSSR count). The van der Waals surface area contributed by atoms with Crippen LogP contribution in [-0.2, 0) is 83.4 Å². The zero-order valence-corrected chi connectivity index (χ0v) is 74.5. The van der Waals surface area contributed by atoms with Gasteiger partial charge in [-0.05, 0) is 205 Å². The highest BCUT2D eigenvalue weighted by atomic mass is 32.2. The van der Waals surface area contributed by atoms with E-state index in [-0.39, 0.29) is 22.4 Å². The second-order valence-electron chi connectivity index (χ2n) is 33.6. The summed E-state index contributed by atoms with van der Waals surface area (Å²) in [7, 11) is -12.5. The van der Waals surface area contributed by atoms with Crippen molar-refractivity contribution in [3.63, 3.8) is 0 Å². The van der Waals surface area contributed by atoms with Crippen molar-refractivity contribution in [1.82, 2.24) is 87.9 Å². The monoisotopic (exact) mass is 1770 g/mol. The number of hydrogen-bond donors (Lipinski definition) is 1. The van der Waals surface area contributed by atoms with Gasteiger partial charge in [-0.15, -0.1) is 0 Å². The Hall–Kier alpha value is -7.61. The molecular weight excluding hydrogens is 1640 g/mol. The smallest absolute Gasteiger partial charge is 0.410 e. The van der Waals surface area contributed by atoms with Gasteiger partial charge in [0.2, 0.25) is 75.6 Å². The van der Waals surface area contributed by atoms with Crippen LogP contribution in [-0.4, -0.2) is 310 Å². The normalized spacial score (nSPS) is 19.3. The first-order valence-electron chi connectivity index (χ1n) is 42.8. The van der Waals surface area contributed by atoms with Gasteiger partial charge in [0.15, 0.2) is 0 Å². The fourth-order valence-electron chi connectivity index (χ4n) is 16.1. The van der Waals surface area contributed by atoms with Gasteiger partial charge in [-0.3, -0.25) is 0 Å². The van der Waals surface area contributed by atoms with Crippen molar-refractivity contribution in [2.75, 3.05) is 211 Å². The maximum Gasteiger partial charge on any atom is 0.410 e. The van der Waals surface area contributed by atoms with Crippen molar-refractivity contribution in [3.05, 3.63) is 59.5 Å². The van der Waals surface area contributed by atoms with Crippen LogP contribution in [0.3, 0.4) is 0 Å². The van der Waals surface area contributed by atoms with Crippen LogP contribution >= 0.6 is 0 Å². The Morgan fingerprint density at radius 2 is 0.620 bits per heavy atom. The quantitative estimate of drug-likeness (QED) is 0.0494. The number of aryl methyl sites for hydroxylation is 6. The van der Waals surface area contributed by atoms with Gasteiger partial charge in [0.25, 0.3) is 23.8 Å². The molecule has 0 bridgehead atoms. The first kappa shape index (κ1) is 97.2. The predicted octanol–water partition coefficient (Wildman–Crippen LogP) is 7.60. The minimum Gasteiger partial charge on any atom is -0.444 e. The van der Waals surface area contributed by atoms with Crippen LogP contribution in [0.5, 0.6) is 0 Å². The van der Waals surface area contributed by atoms with E-state index in [2.05, 4.69) is 89.5 Å². The molecule has 0 aromatic carbocycles. The van der Waals surface area contributed by atoms with E-state index in [1.165, 1.54) is 72.6 Å². The molecule has 8 fully saturated rings. The van der Waals surface area contributed by atoms with Crippen molar-refractivity contribution in [2.45, 2.75) is 196 Å². The van der Waals surface area contributed by atoms with Gasteiger partial charge in [-0.1, -0.05) is 28.7 Å². The lowest BCUT2D eigenvalue weighted by Gasteiger charge is -2.33. The van der Waals surface area contributed by atoms with Crippen molar-refractivity contribution >= 4 is 81.9 Å². The molecule has 8 saturated heterocycles. The van der Waals surface area contributed by atoms with Crippen molar-refractivity contribution < 1.29 is 62.7 Å². The molecule has 0 spiro atoms. The molecule has 6 aromatic rings. The number of likely N-dealkylation sites (tertiary alicyclic amines) is 1. The third kappa shape index (κ3) is 30.6. The molecule has 0 atom stereocenters.